The zero-order chi connectivity index (χ0) is 18.7. The van der Waals surface area contributed by atoms with E-state index in [2.05, 4.69) is 25.3 Å². The fraction of sp³-hybridized carbons (Fsp3) is 0.235. The Bertz CT molecular complexity index is 944. The van der Waals surface area contributed by atoms with Gasteiger partial charge < -0.3 is 9.15 Å². The number of nitrogens with zero attached hydrogens (tertiary/aromatic N) is 4. The van der Waals surface area contributed by atoms with E-state index in [1.54, 1.807) is 29.1 Å². The Labute approximate surface area is 149 Å². The van der Waals surface area contributed by atoms with E-state index >= 15 is 0 Å². The molecule has 1 N–H and O–H groups in total. The molecule has 0 fully saturated rings. The minimum absolute atomic E-state index is 0.0822. The highest BCUT2D eigenvalue weighted by molar-refractivity contribution is 6.10. The van der Waals surface area contributed by atoms with Crippen molar-refractivity contribution in [3.05, 3.63) is 47.7 Å². The Morgan fingerprint density at radius 3 is 2.58 bits per heavy atom. The zero-order valence-electron chi connectivity index (χ0n) is 14.5. The lowest BCUT2D eigenvalue weighted by Gasteiger charge is -2.07. The van der Waals surface area contributed by atoms with Crippen LogP contribution < -0.4 is 5.32 Å². The smallest absolute Gasteiger partial charge is 0.338 e. The standard InChI is InChI=1S/C17H17N5O4/c1-10(2)22-13(8-9-18-22)15-20-21-17(26-15)19-14(23)11-6-4-5-7-12(11)16(24)25-3/h4-10H,1-3H3,(H,19,21,23). The maximum atomic E-state index is 12.5. The van der Waals surface area contributed by atoms with Crippen molar-refractivity contribution in [2.75, 3.05) is 12.4 Å². The van der Waals surface area contributed by atoms with Gasteiger partial charge in [0.1, 0.15) is 5.69 Å². The minimum Gasteiger partial charge on any atom is -0.465 e. The predicted octanol–water partition coefficient (Wildman–Crippen LogP) is 2.55. The number of benzene rings is 1. The second-order valence-electron chi connectivity index (χ2n) is 5.66. The van der Waals surface area contributed by atoms with E-state index < -0.39 is 11.9 Å². The van der Waals surface area contributed by atoms with Crippen molar-refractivity contribution < 1.29 is 18.7 Å². The van der Waals surface area contributed by atoms with E-state index in [0.717, 1.165) is 0 Å². The Morgan fingerprint density at radius 2 is 1.88 bits per heavy atom. The van der Waals surface area contributed by atoms with Crippen LogP contribution in [0.3, 0.4) is 0 Å². The quantitative estimate of drug-likeness (QED) is 0.700. The van der Waals surface area contributed by atoms with E-state index in [1.807, 2.05) is 13.8 Å². The molecule has 0 radical (unpaired) electrons. The van der Waals surface area contributed by atoms with Gasteiger partial charge in [-0.25, -0.2) is 4.79 Å². The summed E-state index contributed by atoms with van der Waals surface area (Å²) in [6.07, 6.45) is 1.63. The lowest BCUT2D eigenvalue weighted by molar-refractivity contribution is 0.0597. The molecule has 0 saturated heterocycles. The molecule has 0 bridgehead atoms. The Balaban J connectivity index is 1.83. The number of hydrogen-bond donors (Lipinski definition) is 1. The molecule has 0 aliphatic carbocycles. The van der Waals surface area contributed by atoms with Crippen LogP contribution in [-0.2, 0) is 4.74 Å². The van der Waals surface area contributed by atoms with Crippen molar-refractivity contribution >= 4 is 17.9 Å². The lowest BCUT2D eigenvalue weighted by atomic mass is 10.1. The third-order valence-electron chi connectivity index (χ3n) is 3.60. The Morgan fingerprint density at radius 1 is 1.15 bits per heavy atom. The maximum Gasteiger partial charge on any atom is 0.338 e. The molecular formula is C17H17N5O4. The molecule has 134 valence electrons. The molecule has 1 amide bonds. The van der Waals surface area contributed by atoms with Crippen LogP contribution in [-0.4, -0.2) is 39.0 Å². The van der Waals surface area contributed by atoms with Crippen molar-refractivity contribution in [2.24, 2.45) is 0 Å². The first kappa shape index (κ1) is 17.3. The topological polar surface area (TPSA) is 112 Å². The summed E-state index contributed by atoms with van der Waals surface area (Å²) in [7, 11) is 1.25. The number of rotatable bonds is 5. The van der Waals surface area contributed by atoms with E-state index in [9.17, 15) is 9.59 Å². The summed E-state index contributed by atoms with van der Waals surface area (Å²) >= 11 is 0. The average molecular weight is 355 g/mol. The number of nitrogens with one attached hydrogen (secondary N) is 1. The van der Waals surface area contributed by atoms with Gasteiger partial charge in [-0.3, -0.25) is 14.8 Å². The molecule has 9 heteroatoms. The molecule has 26 heavy (non-hydrogen) atoms. The Hall–Kier alpha value is -3.49. The van der Waals surface area contributed by atoms with Crippen LogP contribution in [0, 0.1) is 0 Å². The number of carbonyl (C=O) groups excluding carboxylic acids is 2. The molecule has 0 aliphatic rings. The highest BCUT2D eigenvalue weighted by Crippen LogP contribution is 2.22. The van der Waals surface area contributed by atoms with Gasteiger partial charge in [0.05, 0.1) is 18.2 Å². The first-order valence-electron chi connectivity index (χ1n) is 7.87. The molecule has 2 heterocycles. The molecule has 3 aromatic rings. The fourth-order valence-corrected chi connectivity index (χ4v) is 2.41. The van der Waals surface area contributed by atoms with Crippen molar-refractivity contribution in [2.45, 2.75) is 19.9 Å². The molecule has 0 atom stereocenters. The summed E-state index contributed by atoms with van der Waals surface area (Å²) in [4.78, 5) is 24.3. The normalized spacial score (nSPS) is 10.8. The van der Waals surface area contributed by atoms with Crippen molar-refractivity contribution in [1.82, 2.24) is 20.0 Å². The highest BCUT2D eigenvalue weighted by Gasteiger charge is 2.20. The van der Waals surface area contributed by atoms with Gasteiger partial charge in [0, 0.05) is 12.2 Å². The Kier molecular flexibility index (Phi) is 4.78. The van der Waals surface area contributed by atoms with Crippen LogP contribution >= 0.6 is 0 Å². The molecule has 0 saturated carbocycles. The number of ether oxygens (including phenoxy) is 1. The zero-order valence-corrected chi connectivity index (χ0v) is 14.5. The number of esters is 1. The van der Waals surface area contributed by atoms with Crippen LogP contribution in [0.1, 0.15) is 40.6 Å². The van der Waals surface area contributed by atoms with Gasteiger partial charge >= 0.3 is 12.0 Å². The van der Waals surface area contributed by atoms with Crippen molar-refractivity contribution in [3.8, 4) is 11.6 Å². The van der Waals surface area contributed by atoms with Gasteiger partial charge in [-0.05, 0) is 32.0 Å². The molecular weight excluding hydrogens is 338 g/mol. The van der Waals surface area contributed by atoms with E-state index in [-0.39, 0.29) is 29.1 Å². The highest BCUT2D eigenvalue weighted by atomic mass is 16.5. The number of anilines is 1. The van der Waals surface area contributed by atoms with Gasteiger partial charge in [0.15, 0.2) is 0 Å². The number of hydrogen-bond acceptors (Lipinski definition) is 7. The number of carbonyl (C=O) groups is 2. The van der Waals surface area contributed by atoms with Gasteiger partial charge in [-0.2, -0.15) is 5.10 Å². The predicted molar refractivity (Wildman–Crippen MR) is 91.6 cm³/mol. The molecule has 1 aromatic carbocycles. The summed E-state index contributed by atoms with van der Waals surface area (Å²) in [6, 6.07) is 8.06. The average Bonchev–Trinajstić information content (AvgIpc) is 3.30. The van der Waals surface area contributed by atoms with Gasteiger partial charge in [0.25, 0.3) is 11.8 Å². The van der Waals surface area contributed by atoms with Gasteiger partial charge in [0.2, 0.25) is 0 Å². The van der Waals surface area contributed by atoms with Crippen LogP contribution in [0.5, 0.6) is 0 Å². The second-order valence-corrected chi connectivity index (χ2v) is 5.66. The van der Waals surface area contributed by atoms with Crippen molar-refractivity contribution in [1.29, 1.82) is 0 Å². The molecule has 2 aromatic heterocycles. The molecule has 0 aliphatic heterocycles. The monoisotopic (exact) mass is 355 g/mol. The largest absolute Gasteiger partial charge is 0.465 e. The summed E-state index contributed by atoms with van der Waals surface area (Å²) in [5.74, 6) is -0.936. The van der Waals surface area contributed by atoms with Gasteiger partial charge in [-0.15, -0.1) is 5.10 Å². The van der Waals surface area contributed by atoms with Crippen LogP contribution in [0.2, 0.25) is 0 Å². The van der Waals surface area contributed by atoms with Gasteiger partial charge in [-0.1, -0.05) is 17.2 Å². The number of methoxy groups -OCH3 is 1. The van der Waals surface area contributed by atoms with Crippen LogP contribution in [0.15, 0.2) is 40.9 Å². The first-order chi connectivity index (χ1) is 12.5. The molecule has 9 nitrogen and oxygen atoms in total. The molecule has 3 rings (SSSR count). The molecule has 0 spiro atoms. The summed E-state index contributed by atoms with van der Waals surface area (Å²) in [6.45, 7) is 3.94. The van der Waals surface area contributed by atoms with Crippen LogP contribution in [0.25, 0.3) is 11.6 Å². The first-order valence-corrected chi connectivity index (χ1v) is 7.87. The summed E-state index contributed by atoms with van der Waals surface area (Å²) in [5.41, 5.74) is 0.930. The summed E-state index contributed by atoms with van der Waals surface area (Å²) in [5, 5.41) is 14.5. The molecule has 0 unspecified atom stereocenters. The lowest BCUT2D eigenvalue weighted by Crippen LogP contribution is -2.17. The van der Waals surface area contributed by atoms with E-state index in [0.29, 0.717) is 5.69 Å². The van der Waals surface area contributed by atoms with E-state index in [4.69, 9.17) is 4.42 Å². The summed E-state index contributed by atoms with van der Waals surface area (Å²) < 4.78 is 11.9. The number of aromatic nitrogens is 4. The van der Waals surface area contributed by atoms with Crippen molar-refractivity contribution in [3.63, 3.8) is 0 Å². The van der Waals surface area contributed by atoms with E-state index in [1.165, 1.54) is 19.2 Å². The third-order valence-corrected chi connectivity index (χ3v) is 3.60. The van der Waals surface area contributed by atoms with Crippen LogP contribution in [0.4, 0.5) is 6.01 Å². The third kappa shape index (κ3) is 3.32. The minimum atomic E-state index is -0.609. The fourth-order valence-electron chi connectivity index (χ4n) is 2.41. The second kappa shape index (κ2) is 7.18. The maximum absolute atomic E-state index is 12.5. The number of amides is 1. The SMILES string of the molecule is COC(=O)c1ccccc1C(=O)Nc1nnc(-c2ccnn2C(C)C)o1.